The molecule has 1 rings (SSSR count). The average Bonchev–Trinajstić information content (AvgIpc) is 1.92. The lowest BCUT2D eigenvalue weighted by atomic mass is 10.2. The van der Waals surface area contributed by atoms with Crippen LogP contribution >= 0.6 is 0 Å². The monoisotopic (exact) mass is 283 g/mol. The molecule has 2 heteroatoms. The van der Waals surface area contributed by atoms with E-state index in [4.69, 9.17) is 0 Å². The highest BCUT2D eigenvalue weighted by Crippen LogP contribution is 2.74. The zero-order valence-corrected chi connectivity index (χ0v) is 16.7. The van der Waals surface area contributed by atoms with Crippen LogP contribution in [0, 0.1) is 0 Å². The van der Waals surface area contributed by atoms with Crippen LogP contribution in [0.5, 0.6) is 0 Å². The Kier molecular flexibility index (Phi) is 3.64. The predicted molar refractivity (Wildman–Crippen MR) is 89.5 cm³/mol. The molecule has 1 fully saturated rings. The van der Waals surface area contributed by atoms with Gasteiger partial charge in [-0.1, -0.05) is 82.2 Å². The summed E-state index contributed by atoms with van der Waals surface area (Å²) in [6, 6.07) is 1.53. The Labute approximate surface area is 118 Å². The van der Waals surface area contributed by atoms with Crippen LogP contribution in [-0.4, -0.2) is 15.9 Å². The van der Waals surface area contributed by atoms with Gasteiger partial charge >= 0.3 is 0 Å². The van der Waals surface area contributed by atoms with E-state index in [1.165, 1.54) is 6.04 Å². The smallest absolute Gasteiger partial charge is 0.0615 e. The van der Waals surface area contributed by atoms with E-state index in [-0.39, 0.29) is 8.31 Å². The second kappa shape index (κ2) is 3.97. The van der Waals surface area contributed by atoms with Crippen molar-refractivity contribution in [2.45, 2.75) is 102 Å². The molecule has 0 unspecified atom stereocenters. The van der Waals surface area contributed by atoms with Gasteiger partial charge in [0.05, 0.1) is 7.59 Å². The molecule has 0 aliphatic carbocycles. The standard InChI is InChI=1S/C16H35Si2/c1-13(2,3)17-12-16(10,11)18(17,14(4,5)6)15(7,8)9/h12H2,1-11H3. The van der Waals surface area contributed by atoms with Gasteiger partial charge in [0, 0.05) is 8.31 Å². The molecule has 0 spiro atoms. The summed E-state index contributed by atoms with van der Waals surface area (Å²) in [7, 11) is -1.58. The largest absolute Gasteiger partial charge is 0.0630 e. The minimum Gasteiger partial charge on any atom is -0.0630 e. The van der Waals surface area contributed by atoms with Crippen molar-refractivity contribution < 1.29 is 0 Å². The number of hydrogen-bond donors (Lipinski definition) is 0. The molecule has 1 heterocycles. The molecule has 0 N–H and O–H groups in total. The Morgan fingerprint density at radius 3 is 1.22 bits per heavy atom. The minimum atomic E-state index is -1.34. The van der Waals surface area contributed by atoms with Crippen molar-refractivity contribution >= 4 is 15.9 Å². The molecule has 0 bridgehead atoms. The molecule has 1 aliphatic heterocycles. The van der Waals surface area contributed by atoms with Crippen molar-refractivity contribution in [3.8, 4) is 0 Å². The van der Waals surface area contributed by atoms with Crippen LogP contribution in [0.25, 0.3) is 0 Å². The maximum absolute atomic E-state index is 2.58. The number of rotatable bonds is 0. The lowest BCUT2D eigenvalue weighted by Gasteiger charge is -2.74. The molecule has 107 valence electrons. The molecule has 1 saturated heterocycles. The predicted octanol–water partition coefficient (Wildman–Crippen LogP) is 6.20. The SMILES string of the molecule is CC(C)(C)[Si]1CC(C)(C)[Si]1(C(C)(C)C)C(C)(C)C. The lowest BCUT2D eigenvalue weighted by molar-refractivity contribution is 0.513. The average molecular weight is 284 g/mol. The summed E-state index contributed by atoms with van der Waals surface area (Å²) in [6.07, 6.45) is 0. The molecule has 0 saturated carbocycles. The van der Waals surface area contributed by atoms with Crippen molar-refractivity contribution in [1.29, 1.82) is 0 Å². The van der Waals surface area contributed by atoms with E-state index in [1.54, 1.807) is 0 Å². The molecule has 0 amide bonds. The van der Waals surface area contributed by atoms with E-state index in [2.05, 4.69) is 76.2 Å². The highest BCUT2D eigenvalue weighted by atomic mass is 29.2. The van der Waals surface area contributed by atoms with Crippen LogP contribution in [0.3, 0.4) is 0 Å². The highest BCUT2D eigenvalue weighted by molar-refractivity contribution is 7.42. The molecular formula is C16H35Si2. The maximum Gasteiger partial charge on any atom is 0.0615 e. The maximum atomic E-state index is 2.58. The molecule has 0 aromatic heterocycles. The van der Waals surface area contributed by atoms with Crippen molar-refractivity contribution in [2.24, 2.45) is 0 Å². The molecule has 0 nitrogen and oxygen atoms in total. The van der Waals surface area contributed by atoms with Crippen molar-refractivity contribution in [3.63, 3.8) is 0 Å². The van der Waals surface area contributed by atoms with E-state index >= 15 is 0 Å². The first-order chi connectivity index (χ1) is 7.59. The molecule has 0 aromatic rings. The number of hydrogen-bond acceptors (Lipinski definition) is 0. The summed E-state index contributed by atoms with van der Waals surface area (Å²) in [6.45, 7) is 27.9. The highest BCUT2D eigenvalue weighted by Gasteiger charge is 2.73. The molecule has 0 atom stereocenters. The van der Waals surface area contributed by atoms with Gasteiger partial charge in [-0.2, -0.15) is 0 Å². The van der Waals surface area contributed by atoms with E-state index < -0.39 is 7.59 Å². The Hall–Kier alpha value is 0.434. The van der Waals surface area contributed by atoms with Crippen LogP contribution in [0.15, 0.2) is 0 Å². The summed E-state index contributed by atoms with van der Waals surface area (Å²) in [5.74, 6) is 0. The van der Waals surface area contributed by atoms with Crippen molar-refractivity contribution in [3.05, 3.63) is 0 Å². The molecular weight excluding hydrogens is 248 g/mol. The van der Waals surface area contributed by atoms with Gasteiger partial charge in [-0.15, -0.1) is 0 Å². The van der Waals surface area contributed by atoms with Crippen molar-refractivity contribution in [2.75, 3.05) is 0 Å². The van der Waals surface area contributed by atoms with Gasteiger partial charge in [0.2, 0.25) is 0 Å². The van der Waals surface area contributed by atoms with E-state index in [9.17, 15) is 0 Å². The normalized spacial score (nSPS) is 24.8. The minimum absolute atomic E-state index is 0.244. The first-order valence-electron chi connectivity index (χ1n) is 7.46. The van der Waals surface area contributed by atoms with Gasteiger partial charge in [-0.25, -0.2) is 0 Å². The fourth-order valence-electron chi connectivity index (χ4n) is 5.90. The molecule has 1 radical (unpaired) electrons. The molecule has 1 aliphatic rings. The summed E-state index contributed by atoms with van der Waals surface area (Å²) in [4.78, 5) is 0. The quantitative estimate of drug-likeness (QED) is 0.464. The lowest BCUT2D eigenvalue weighted by Crippen LogP contribution is -2.79. The van der Waals surface area contributed by atoms with E-state index in [0.717, 1.165) is 0 Å². The third kappa shape index (κ3) is 1.98. The fraction of sp³-hybridized carbons (Fsp3) is 1.00. The summed E-state index contributed by atoms with van der Waals surface area (Å²) in [5, 5.41) is 2.22. The van der Waals surface area contributed by atoms with E-state index in [1.807, 2.05) is 0 Å². The Balaban J connectivity index is 3.48. The molecule has 0 aromatic carbocycles. The topological polar surface area (TPSA) is 0 Å². The van der Waals surface area contributed by atoms with Crippen molar-refractivity contribution in [1.82, 2.24) is 0 Å². The second-order valence-corrected chi connectivity index (χ2v) is 22.8. The van der Waals surface area contributed by atoms with Gasteiger partial charge in [-0.05, 0) is 20.2 Å². The van der Waals surface area contributed by atoms with Crippen LogP contribution in [0.1, 0.15) is 76.2 Å². The van der Waals surface area contributed by atoms with Crippen LogP contribution < -0.4 is 0 Å². The van der Waals surface area contributed by atoms with Gasteiger partial charge in [0.1, 0.15) is 0 Å². The van der Waals surface area contributed by atoms with Gasteiger partial charge in [-0.3, -0.25) is 0 Å². The Bertz CT molecular complexity index is 290. The van der Waals surface area contributed by atoms with Gasteiger partial charge in [0.25, 0.3) is 0 Å². The zero-order chi connectivity index (χ0) is 14.8. The van der Waals surface area contributed by atoms with E-state index in [0.29, 0.717) is 20.2 Å². The van der Waals surface area contributed by atoms with Gasteiger partial charge in [0.15, 0.2) is 0 Å². The van der Waals surface area contributed by atoms with Gasteiger partial charge < -0.3 is 0 Å². The zero-order valence-electron chi connectivity index (χ0n) is 14.7. The van der Waals surface area contributed by atoms with Crippen LogP contribution in [0.2, 0.25) is 26.2 Å². The summed E-state index contributed by atoms with van der Waals surface area (Å²) >= 11 is 0. The summed E-state index contributed by atoms with van der Waals surface area (Å²) in [5.41, 5.74) is 0. The Morgan fingerprint density at radius 1 is 0.778 bits per heavy atom. The summed E-state index contributed by atoms with van der Waals surface area (Å²) < 4.78 is 0. The van der Waals surface area contributed by atoms with Crippen LogP contribution in [0.4, 0.5) is 0 Å². The third-order valence-corrected chi connectivity index (χ3v) is 28.3. The fourth-order valence-corrected chi connectivity index (χ4v) is 31.5. The molecule has 18 heavy (non-hydrogen) atoms. The Morgan fingerprint density at radius 2 is 1.11 bits per heavy atom. The first kappa shape index (κ1) is 16.5. The second-order valence-electron chi connectivity index (χ2n) is 10.0. The first-order valence-corrected chi connectivity index (χ1v) is 12.2. The van der Waals surface area contributed by atoms with Crippen LogP contribution in [-0.2, 0) is 0 Å². The third-order valence-electron chi connectivity index (χ3n) is 5.24.